The molecule has 7 nitrogen and oxygen atoms in total. The van der Waals surface area contributed by atoms with E-state index in [0.717, 1.165) is 24.2 Å². The van der Waals surface area contributed by atoms with Gasteiger partial charge in [0.2, 0.25) is 0 Å². The van der Waals surface area contributed by atoms with E-state index in [4.69, 9.17) is 9.47 Å². The van der Waals surface area contributed by atoms with Crippen molar-refractivity contribution in [3.63, 3.8) is 0 Å². The van der Waals surface area contributed by atoms with Gasteiger partial charge in [-0.3, -0.25) is 9.48 Å². The first-order chi connectivity index (χ1) is 10.2. The van der Waals surface area contributed by atoms with E-state index in [-0.39, 0.29) is 12.4 Å². The van der Waals surface area contributed by atoms with Gasteiger partial charge in [-0.1, -0.05) is 0 Å². The normalized spacial score (nSPS) is 13.6. The van der Waals surface area contributed by atoms with Crippen LogP contribution in [-0.2, 0) is 33.8 Å². The predicted molar refractivity (Wildman–Crippen MR) is 74.8 cm³/mol. The quantitative estimate of drug-likeness (QED) is 0.776. The van der Waals surface area contributed by atoms with Gasteiger partial charge < -0.3 is 14.8 Å². The highest BCUT2D eigenvalue weighted by molar-refractivity contribution is 5.89. The van der Waals surface area contributed by atoms with Crippen LogP contribution < -0.4 is 5.32 Å². The molecule has 1 aromatic rings. The van der Waals surface area contributed by atoms with E-state index < -0.39 is 5.97 Å². The number of carbonyl (C=O) groups excluding carboxylic acids is 2. The number of carbonyl (C=O) groups is 2. The van der Waals surface area contributed by atoms with Crippen LogP contribution in [0, 0.1) is 0 Å². The van der Waals surface area contributed by atoms with Gasteiger partial charge in [-0.15, -0.1) is 0 Å². The molecule has 0 amide bonds. The average Bonchev–Trinajstić information content (AvgIpc) is 2.85. The lowest BCUT2D eigenvalue weighted by Gasteiger charge is -2.15. The third-order valence-corrected chi connectivity index (χ3v) is 3.31. The maximum Gasteiger partial charge on any atom is 0.359 e. The fourth-order valence-electron chi connectivity index (χ4n) is 2.40. The molecule has 0 aliphatic carbocycles. The van der Waals surface area contributed by atoms with Crippen molar-refractivity contribution in [1.82, 2.24) is 15.1 Å². The minimum atomic E-state index is -0.410. The van der Waals surface area contributed by atoms with Crippen LogP contribution in [0.25, 0.3) is 0 Å². The highest BCUT2D eigenvalue weighted by Gasteiger charge is 2.25. The Morgan fingerprint density at radius 2 is 2.05 bits per heavy atom. The zero-order valence-corrected chi connectivity index (χ0v) is 12.5. The summed E-state index contributed by atoms with van der Waals surface area (Å²) in [6.07, 6.45) is 1.03. The van der Waals surface area contributed by atoms with Crippen LogP contribution in [0.2, 0.25) is 0 Å². The van der Waals surface area contributed by atoms with Crippen LogP contribution in [0.1, 0.15) is 42.0 Å². The number of ether oxygens (including phenoxy) is 2. The fraction of sp³-hybridized carbons (Fsp3) is 0.643. The van der Waals surface area contributed by atoms with Crippen LogP contribution >= 0.6 is 0 Å². The Balaban J connectivity index is 2.17. The molecule has 0 spiro atoms. The molecule has 1 aliphatic heterocycles. The summed E-state index contributed by atoms with van der Waals surface area (Å²) in [4.78, 5) is 23.4. The molecule has 1 aliphatic rings. The van der Waals surface area contributed by atoms with Gasteiger partial charge in [0.1, 0.15) is 0 Å². The summed E-state index contributed by atoms with van der Waals surface area (Å²) < 4.78 is 11.7. The number of rotatable bonds is 6. The number of nitrogens with zero attached hydrogens (tertiary/aromatic N) is 2. The van der Waals surface area contributed by atoms with E-state index in [1.807, 2.05) is 0 Å². The smallest absolute Gasteiger partial charge is 0.359 e. The molecule has 21 heavy (non-hydrogen) atoms. The third kappa shape index (κ3) is 3.60. The fourth-order valence-corrected chi connectivity index (χ4v) is 2.40. The van der Waals surface area contributed by atoms with E-state index in [1.54, 1.807) is 18.5 Å². The van der Waals surface area contributed by atoms with Crippen LogP contribution in [-0.4, -0.2) is 41.5 Å². The Labute approximate surface area is 123 Å². The Kier molecular flexibility index (Phi) is 5.32. The zero-order chi connectivity index (χ0) is 15.2. The lowest BCUT2D eigenvalue weighted by Crippen LogP contribution is -2.26. The lowest BCUT2D eigenvalue weighted by molar-refractivity contribution is -0.143. The van der Waals surface area contributed by atoms with E-state index in [9.17, 15) is 9.59 Å². The molecule has 0 atom stereocenters. The molecule has 116 valence electrons. The molecule has 2 heterocycles. The highest BCUT2D eigenvalue weighted by atomic mass is 16.5. The molecule has 1 aromatic heterocycles. The average molecular weight is 295 g/mol. The molecule has 0 saturated carbocycles. The van der Waals surface area contributed by atoms with Gasteiger partial charge >= 0.3 is 11.9 Å². The topological polar surface area (TPSA) is 82.5 Å². The second-order valence-corrected chi connectivity index (χ2v) is 4.70. The number of esters is 2. The van der Waals surface area contributed by atoms with Crippen LogP contribution in [0.4, 0.5) is 0 Å². The Morgan fingerprint density at radius 1 is 1.29 bits per heavy atom. The number of hydrogen-bond donors (Lipinski definition) is 1. The summed E-state index contributed by atoms with van der Waals surface area (Å²) in [6.45, 7) is 6.08. The Bertz CT molecular complexity index is 525. The molecule has 0 radical (unpaired) electrons. The molecular weight excluding hydrogens is 274 g/mol. The van der Waals surface area contributed by atoms with Gasteiger partial charge in [0.05, 0.1) is 26.2 Å². The molecule has 0 saturated heterocycles. The van der Waals surface area contributed by atoms with E-state index in [2.05, 4.69) is 10.4 Å². The van der Waals surface area contributed by atoms with E-state index >= 15 is 0 Å². The molecule has 2 rings (SSSR count). The zero-order valence-electron chi connectivity index (χ0n) is 12.5. The van der Waals surface area contributed by atoms with E-state index in [1.165, 1.54) is 0 Å². The van der Waals surface area contributed by atoms with Gasteiger partial charge in [0, 0.05) is 30.8 Å². The van der Waals surface area contributed by atoms with Gasteiger partial charge in [0.15, 0.2) is 5.69 Å². The van der Waals surface area contributed by atoms with Crippen LogP contribution in [0.3, 0.4) is 0 Å². The van der Waals surface area contributed by atoms with Gasteiger partial charge in [-0.05, 0) is 13.8 Å². The second-order valence-electron chi connectivity index (χ2n) is 4.70. The minimum Gasteiger partial charge on any atom is -0.466 e. The number of nitrogens with one attached hydrogen (secondary N) is 1. The summed E-state index contributed by atoms with van der Waals surface area (Å²) in [6, 6.07) is 0. The lowest BCUT2D eigenvalue weighted by atomic mass is 10.1. The van der Waals surface area contributed by atoms with Crippen molar-refractivity contribution in [2.45, 2.75) is 39.8 Å². The maximum atomic E-state index is 12.0. The van der Waals surface area contributed by atoms with Crippen molar-refractivity contribution < 1.29 is 19.1 Å². The van der Waals surface area contributed by atoms with Crippen molar-refractivity contribution in [3.05, 3.63) is 17.0 Å². The number of fused-ring (bicyclic) bond motifs is 1. The van der Waals surface area contributed by atoms with E-state index in [0.29, 0.717) is 32.0 Å². The largest absolute Gasteiger partial charge is 0.466 e. The standard InChI is InChI=1S/C14H21N3O4/c1-3-20-12(18)6-8-17-11-5-7-15-9-10(11)13(16-17)14(19)21-4-2/h15H,3-9H2,1-2H3. The Morgan fingerprint density at radius 3 is 2.76 bits per heavy atom. The Hall–Kier alpha value is -1.89. The SMILES string of the molecule is CCOC(=O)CCn1nc(C(=O)OCC)c2c1CCNC2. The maximum absolute atomic E-state index is 12.0. The summed E-state index contributed by atoms with van der Waals surface area (Å²) in [5.74, 6) is -0.666. The van der Waals surface area contributed by atoms with Crippen molar-refractivity contribution in [2.75, 3.05) is 19.8 Å². The molecule has 0 fully saturated rings. The van der Waals surface area contributed by atoms with Crippen molar-refractivity contribution in [2.24, 2.45) is 0 Å². The minimum absolute atomic E-state index is 0.248. The predicted octanol–water partition coefficient (Wildman–Crippen LogP) is 0.659. The number of aryl methyl sites for hydroxylation is 1. The first-order valence-corrected chi connectivity index (χ1v) is 7.29. The van der Waals surface area contributed by atoms with Crippen LogP contribution in [0.15, 0.2) is 0 Å². The van der Waals surface area contributed by atoms with Crippen molar-refractivity contribution >= 4 is 11.9 Å². The number of hydrogen-bond acceptors (Lipinski definition) is 6. The van der Waals surface area contributed by atoms with Crippen molar-refractivity contribution in [1.29, 1.82) is 0 Å². The monoisotopic (exact) mass is 295 g/mol. The highest BCUT2D eigenvalue weighted by Crippen LogP contribution is 2.19. The first kappa shape index (κ1) is 15.5. The summed E-state index contributed by atoms with van der Waals surface area (Å²) in [7, 11) is 0. The third-order valence-electron chi connectivity index (χ3n) is 3.31. The van der Waals surface area contributed by atoms with Crippen molar-refractivity contribution in [3.8, 4) is 0 Å². The molecule has 1 N–H and O–H groups in total. The summed E-state index contributed by atoms with van der Waals surface area (Å²) >= 11 is 0. The van der Waals surface area contributed by atoms with Gasteiger partial charge in [0.25, 0.3) is 0 Å². The molecular formula is C14H21N3O4. The first-order valence-electron chi connectivity index (χ1n) is 7.29. The van der Waals surface area contributed by atoms with Gasteiger partial charge in [-0.2, -0.15) is 5.10 Å². The summed E-state index contributed by atoms with van der Waals surface area (Å²) in [5.41, 5.74) is 2.23. The summed E-state index contributed by atoms with van der Waals surface area (Å²) in [5, 5.41) is 7.56. The molecule has 7 heteroatoms. The van der Waals surface area contributed by atoms with Gasteiger partial charge in [-0.25, -0.2) is 4.79 Å². The van der Waals surface area contributed by atoms with Crippen LogP contribution in [0.5, 0.6) is 0 Å². The molecule has 0 bridgehead atoms. The number of aromatic nitrogens is 2. The molecule has 0 unspecified atom stereocenters. The molecule has 0 aromatic carbocycles. The second kappa shape index (κ2) is 7.21.